The molecule has 22 heavy (non-hydrogen) atoms. The molecule has 1 aromatic heterocycles. The van der Waals surface area contributed by atoms with E-state index in [9.17, 15) is 9.18 Å². The molecular formula is C17H14FN3O. The molecule has 1 heterocycles. The smallest absolute Gasteiger partial charge is 0.172 e. The highest BCUT2D eigenvalue weighted by atomic mass is 19.1. The van der Waals surface area contributed by atoms with E-state index in [1.54, 1.807) is 10.7 Å². The van der Waals surface area contributed by atoms with Crippen molar-refractivity contribution in [2.75, 3.05) is 0 Å². The molecule has 0 bridgehead atoms. The number of carbonyl (C=O) groups excluding carboxylic acids is 1. The lowest BCUT2D eigenvalue weighted by Gasteiger charge is -2.08. The normalized spacial score (nSPS) is 10.6. The van der Waals surface area contributed by atoms with E-state index in [1.807, 2.05) is 37.3 Å². The van der Waals surface area contributed by atoms with Crippen molar-refractivity contribution >= 4 is 6.29 Å². The molecule has 110 valence electrons. The van der Waals surface area contributed by atoms with Gasteiger partial charge in [0.15, 0.2) is 12.0 Å². The zero-order valence-electron chi connectivity index (χ0n) is 12.0. The van der Waals surface area contributed by atoms with Crippen LogP contribution in [0.2, 0.25) is 0 Å². The molecule has 0 unspecified atom stereocenters. The Morgan fingerprint density at radius 1 is 1.18 bits per heavy atom. The van der Waals surface area contributed by atoms with E-state index < -0.39 is 0 Å². The van der Waals surface area contributed by atoms with Gasteiger partial charge >= 0.3 is 0 Å². The quantitative estimate of drug-likeness (QED) is 0.694. The molecular weight excluding hydrogens is 281 g/mol. The van der Waals surface area contributed by atoms with E-state index in [4.69, 9.17) is 0 Å². The van der Waals surface area contributed by atoms with E-state index in [1.165, 1.54) is 12.1 Å². The van der Waals surface area contributed by atoms with E-state index in [-0.39, 0.29) is 11.5 Å². The van der Waals surface area contributed by atoms with Gasteiger partial charge in [-0.25, -0.2) is 9.07 Å². The molecule has 5 heteroatoms. The SMILES string of the molecule is Cc1ccc(-c2c(C=O)nnn2Cc2cccc(F)c2)cc1. The molecule has 0 aliphatic heterocycles. The first-order chi connectivity index (χ1) is 10.7. The first-order valence-electron chi connectivity index (χ1n) is 6.87. The van der Waals surface area contributed by atoms with Crippen molar-refractivity contribution in [1.29, 1.82) is 0 Å². The van der Waals surface area contributed by atoms with Crippen LogP contribution in [0.15, 0.2) is 48.5 Å². The third-order valence-electron chi connectivity index (χ3n) is 3.42. The Hall–Kier alpha value is -2.82. The summed E-state index contributed by atoms with van der Waals surface area (Å²) in [5, 5.41) is 7.93. The highest BCUT2D eigenvalue weighted by Crippen LogP contribution is 2.22. The monoisotopic (exact) mass is 295 g/mol. The number of rotatable bonds is 4. The third-order valence-corrected chi connectivity index (χ3v) is 3.42. The van der Waals surface area contributed by atoms with Crippen LogP contribution in [-0.2, 0) is 6.54 Å². The predicted molar refractivity (Wildman–Crippen MR) is 81.1 cm³/mol. The van der Waals surface area contributed by atoms with Crippen LogP contribution in [0.5, 0.6) is 0 Å². The lowest BCUT2D eigenvalue weighted by Crippen LogP contribution is -2.05. The summed E-state index contributed by atoms with van der Waals surface area (Å²) >= 11 is 0. The van der Waals surface area contributed by atoms with Crippen LogP contribution in [0.25, 0.3) is 11.3 Å². The fourth-order valence-corrected chi connectivity index (χ4v) is 2.33. The highest BCUT2D eigenvalue weighted by Gasteiger charge is 2.14. The maximum Gasteiger partial charge on any atom is 0.172 e. The van der Waals surface area contributed by atoms with Gasteiger partial charge in [0, 0.05) is 5.56 Å². The summed E-state index contributed by atoms with van der Waals surface area (Å²) in [7, 11) is 0. The van der Waals surface area contributed by atoms with Crippen molar-refractivity contribution in [2.24, 2.45) is 0 Å². The lowest BCUT2D eigenvalue weighted by atomic mass is 10.1. The summed E-state index contributed by atoms with van der Waals surface area (Å²) in [5.41, 5.74) is 3.66. The van der Waals surface area contributed by atoms with Crippen molar-refractivity contribution < 1.29 is 9.18 Å². The molecule has 3 aromatic rings. The van der Waals surface area contributed by atoms with Crippen LogP contribution >= 0.6 is 0 Å². The molecule has 0 N–H and O–H groups in total. The van der Waals surface area contributed by atoms with Crippen molar-refractivity contribution in [3.63, 3.8) is 0 Å². The largest absolute Gasteiger partial charge is 0.296 e. The maximum atomic E-state index is 13.3. The first kappa shape index (κ1) is 14.1. The Morgan fingerprint density at radius 3 is 2.64 bits per heavy atom. The van der Waals surface area contributed by atoms with E-state index in [0.717, 1.165) is 16.7 Å². The zero-order valence-corrected chi connectivity index (χ0v) is 12.0. The average molecular weight is 295 g/mol. The average Bonchev–Trinajstić information content (AvgIpc) is 2.91. The summed E-state index contributed by atoms with van der Waals surface area (Å²) in [4.78, 5) is 11.2. The predicted octanol–water partition coefficient (Wildman–Crippen LogP) is 3.25. The van der Waals surface area contributed by atoms with Crippen LogP contribution in [-0.4, -0.2) is 21.3 Å². The molecule has 4 nitrogen and oxygen atoms in total. The maximum absolute atomic E-state index is 13.3. The second-order valence-electron chi connectivity index (χ2n) is 5.09. The number of benzene rings is 2. The van der Waals surface area contributed by atoms with Gasteiger partial charge in [-0.1, -0.05) is 47.2 Å². The standard InChI is InChI=1S/C17H14FN3O/c1-12-5-7-14(8-6-12)17-16(11-22)19-20-21(17)10-13-3-2-4-15(18)9-13/h2-9,11H,10H2,1H3. The summed E-state index contributed by atoms with van der Waals surface area (Å²) < 4.78 is 14.9. The number of hydrogen-bond acceptors (Lipinski definition) is 3. The van der Waals surface area contributed by atoms with Crippen LogP contribution in [0.3, 0.4) is 0 Å². The van der Waals surface area contributed by atoms with E-state index in [0.29, 0.717) is 18.5 Å². The number of hydrogen-bond donors (Lipinski definition) is 0. The summed E-state index contributed by atoms with van der Waals surface area (Å²) in [6, 6.07) is 14.1. The number of nitrogens with zero attached hydrogens (tertiary/aromatic N) is 3. The first-order valence-corrected chi connectivity index (χ1v) is 6.87. The molecule has 0 amide bonds. The molecule has 0 spiro atoms. The van der Waals surface area contributed by atoms with Crippen molar-refractivity contribution in [1.82, 2.24) is 15.0 Å². The van der Waals surface area contributed by atoms with Crippen LogP contribution in [0, 0.1) is 12.7 Å². The number of aldehydes is 1. The summed E-state index contributed by atoms with van der Waals surface area (Å²) in [6.07, 6.45) is 0.685. The topological polar surface area (TPSA) is 47.8 Å². The molecule has 3 rings (SSSR count). The van der Waals surface area contributed by atoms with Gasteiger partial charge in [-0.2, -0.15) is 0 Å². The summed E-state index contributed by atoms with van der Waals surface area (Å²) in [6.45, 7) is 2.34. The Morgan fingerprint density at radius 2 is 1.95 bits per heavy atom. The van der Waals surface area contributed by atoms with Gasteiger partial charge in [0.25, 0.3) is 0 Å². The molecule has 0 saturated carbocycles. The van der Waals surface area contributed by atoms with Crippen molar-refractivity contribution in [2.45, 2.75) is 13.5 Å². The van der Waals surface area contributed by atoms with Gasteiger partial charge in [-0.3, -0.25) is 4.79 Å². The molecule has 0 aliphatic carbocycles. The molecule has 0 fully saturated rings. The molecule has 2 aromatic carbocycles. The molecule has 0 atom stereocenters. The Labute approximate surface area is 127 Å². The Balaban J connectivity index is 2.03. The van der Waals surface area contributed by atoms with E-state index in [2.05, 4.69) is 10.3 Å². The highest BCUT2D eigenvalue weighted by molar-refractivity contribution is 5.83. The number of aryl methyl sites for hydroxylation is 1. The fourth-order valence-electron chi connectivity index (χ4n) is 2.33. The van der Waals surface area contributed by atoms with Gasteiger partial charge in [0.1, 0.15) is 5.82 Å². The summed E-state index contributed by atoms with van der Waals surface area (Å²) in [5.74, 6) is -0.301. The van der Waals surface area contributed by atoms with Crippen molar-refractivity contribution in [3.8, 4) is 11.3 Å². The minimum atomic E-state index is -0.301. The van der Waals surface area contributed by atoms with Gasteiger partial charge in [0.2, 0.25) is 0 Å². The van der Waals surface area contributed by atoms with Crippen LogP contribution in [0.4, 0.5) is 4.39 Å². The van der Waals surface area contributed by atoms with Gasteiger partial charge in [0.05, 0.1) is 12.2 Å². The third kappa shape index (κ3) is 2.79. The number of carbonyl (C=O) groups is 1. The molecule has 0 aliphatic rings. The van der Waals surface area contributed by atoms with E-state index >= 15 is 0 Å². The Bertz CT molecular complexity index is 809. The van der Waals surface area contributed by atoms with Gasteiger partial charge < -0.3 is 0 Å². The van der Waals surface area contributed by atoms with Crippen molar-refractivity contribution in [3.05, 3.63) is 71.2 Å². The fraction of sp³-hybridized carbons (Fsp3) is 0.118. The minimum absolute atomic E-state index is 0.278. The minimum Gasteiger partial charge on any atom is -0.296 e. The molecule has 0 radical (unpaired) electrons. The lowest BCUT2D eigenvalue weighted by molar-refractivity contribution is 0.111. The second kappa shape index (κ2) is 5.89. The van der Waals surface area contributed by atoms with Gasteiger partial charge in [-0.15, -0.1) is 5.10 Å². The second-order valence-corrected chi connectivity index (χ2v) is 5.09. The zero-order chi connectivity index (χ0) is 15.5. The Kier molecular flexibility index (Phi) is 3.78. The number of aromatic nitrogens is 3. The van der Waals surface area contributed by atoms with Crippen LogP contribution in [0.1, 0.15) is 21.6 Å². The molecule has 0 saturated heterocycles. The van der Waals surface area contributed by atoms with Gasteiger partial charge in [-0.05, 0) is 24.6 Å². The number of halogens is 1. The van der Waals surface area contributed by atoms with Crippen LogP contribution < -0.4 is 0 Å².